The van der Waals surface area contributed by atoms with Crippen molar-refractivity contribution in [1.82, 2.24) is 4.90 Å². The first-order chi connectivity index (χ1) is 10.8. The van der Waals surface area contributed by atoms with E-state index in [-0.39, 0.29) is 29.2 Å². The molecule has 0 saturated carbocycles. The highest BCUT2D eigenvalue weighted by molar-refractivity contribution is 7.90. The molecule has 0 bridgehead atoms. The third-order valence-corrected chi connectivity index (χ3v) is 4.96. The molecular formula is C15H20N2O5S. The van der Waals surface area contributed by atoms with Crippen LogP contribution in [0, 0.1) is 5.92 Å². The van der Waals surface area contributed by atoms with Crippen LogP contribution >= 0.6 is 0 Å². The number of carbonyl (C=O) groups excluding carboxylic acids is 2. The van der Waals surface area contributed by atoms with Crippen LogP contribution in [-0.2, 0) is 19.4 Å². The molecule has 1 aliphatic heterocycles. The Morgan fingerprint density at radius 2 is 1.96 bits per heavy atom. The fraction of sp³-hybridized carbons (Fsp3) is 0.467. The van der Waals surface area contributed by atoms with E-state index in [1.165, 1.54) is 12.1 Å². The van der Waals surface area contributed by atoms with Gasteiger partial charge in [-0.25, -0.2) is 8.42 Å². The SMILES string of the molecule is CS(=O)(=O)c1cccc(OCC(=O)N2CCC(C(N)=O)CC2)c1. The number of piperidine rings is 1. The van der Waals surface area contributed by atoms with Gasteiger partial charge in [-0.1, -0.05) is 6.07 Å². The first kappa shape index (κ1) is 17.3. The smallest absolute Gasteiger partial charge is 0.260 e. The van der Waals surface area contributed by atoms with Crippen molar-refractivity contribution in [2.24, 2.45) is 11.7 Å². The highest BCUT2D eigenvalue weighted by Gasteiger charge is 2.25. The summed E-state index contributed by atoms with van der Waals surface area (Å²) in [5.41, 5.74) is 5.26. The predicted octanol–water partition coefficient (Wildman–Crippen LogP) is 0.193. The van der Waals surface area contributed by atoms with Gasteiger partial charge in [-0.2, -0.15) is 0 Å². The zero-order valence-corrected chi connectivity index (χ0v) is 13.7. The molecule has 1 heterocycles. The Hall–Kier alpha value is -2.09. The van der Waals surface area contributed by atoms with Crippen LogP contribution in [0.25, 0.3) is 0 Å². The van der Waals surface area contributed by atoms with Crippen LogP contribution in [-0.4, -0.2) is 51.1 Å². The zero-order valence-electron chi connectivity index (χ0n) is 12.9. The highest BCUT2D eigenvalue weighted by atomic mass is 32.2. The van der Waals surface area contributed by atoms with Crippen LogP contribution in [0.15, 0.2) is 29.2 Å². The average molecular weight is 340 g/mol. The van der Waals surface area contributed by atoms with Gasteiger partial charge in [0.05, 0.1) is 4.90 Å². The van der Waals surface area contributed by atoms with E-state index in [0.29, 0.717) is 31.7 Å². The molecule has 0 aliphatic carbocycles. The molecule has 0 atom stereocenters. The molecule has 1 saturated heterocycles. The van der Waals surface area contributed by atoms with Gasteiger partial charge in [0.1, 0.15) is 5.75 Å². The number of nitrogens with zero attached hydrogens (tertiary/aromatic N) is 1. The number of carbonyl (C=O) groups is 2. The molecule has 2 rings (SSSR count). The maximum Gasteiger partial charge on any atom is 0.260 e. The number of sulfone groups is 1. The molecule has 0 aromatic heterocycles. The number of likely N-dealkylation sites (tertiary alicyclic amines) is 1. The number of amides is 2. The minimum Gasteiger partial charge on any atom is -0.484 e. The summed E-state index contributed by atoms with van der Waals surface area (Å²) in [5.74, 6) is -0.372. The monoisotopic (exact) mass is 340 g/mol. The normalized spacial score (nSPS) is 16.1. The molecule has 0 radical (unpaired) electrons. The molecule has 7 nitrogen and oxygen atoms in total. The standard InChI is InChI=1S/C15H20N2O5S/c1-23(20,21)13-4-2-3-12(9-13)22-10-14(18)17-7-5-11(6-8-17)15(16)19/h2-4,9,11H,5-8,10H2,1H3,(H2,16,19). The van der Waals surface area contributed by atoms with Crippen molar-refractivity contribution < 1.29 is 22.7 Å². The van der Waals surface area contributed by atoms with Gasteiger partial charge in [0.25, 0.3) is 5.91 Å². The minimum absolute atomic E-state index is 0.143. The van der Waals surface area contributed by atoms with Crippen molar-refractivity contribution in [3.05, 3.63) is 24.3 Å². The Labute approximate surface area is 135 Å². The quantitative estimate of drug-likeness (QED) is 0.823. The van der Waals surface area contributed by atoms with Crippen molar-refractivity contribution in [2.75, 3.05) is 26.0 Å². The van der Waals surface area contributed by atoms with Crippen molar-refractivity contribution in [3.8, 4) is 5.75 Å². The molecule has 2 amide bonds. The van der Waals surface area contributed by atoms with Gasteiger partial charge in [-0.05, 0) is 31.0 Å². The van der Waals surface area contributed by atoms with Gasteiger partial charge in [-0.15, -0.1) is 0 Å². The molecule has 23 heavy (non-hydrogen) atoms. The second-order valence-electron chi connectivity index (χ2n) is 5.59. The second-order valence-corrected chi connectivity index (χ2v) is 7.61. The molecular weight excluding hydrogens is 320 g/mol. The van der Waals surface area contributed by atoms with Gasteiger partial charge < -0.3 is 15.4 Å². The summed E-state index contributed by atoms with van der Waals surface area (Å²) >= 11 is 0. The minimum atomic E-state index is -3.32. The molecule has 1 fully saturated rings. The van der Waals surface area contributed by atoms with Crippen LogP contribution in [0.4, 0.5) is 0 Å². The summed E-state index contributed by atoms with van der Waals surface area (Å²) in [4.78, 5) is 25.0. The molecule has 0 unspecified atom stereocenters. The summed E-state index contributed by atoms with van der Waals surface area (Å²) in [5, 5.41) is 0. The number of hydrogen-bond acceptors (Lipinski definition) is 5. The van der Waals surface area contributed by atoms with Gasteiger partial charge in [0, 0.05) is 25.3 Å². The molecule has 1 aromatic carbocycles. The summed E-state index contributed by atoms with van der Waals surface area (Å²) in [6.07, 6.45) is 2.23. The lowest BCUT2D eigenvalue weighted by atomic mass is 9.96. The molecule has 8 heteroatoms. The topological polar surface area (TPSA) is 107 Å². The van der Waals surface area contributed by atoms with Gasteiger partial charge in [-0.3, -0.25) is 9.59 Å². The fourth-order valence-corrected chi connectivity index (χ4v) is 3.10. The lowest BCUT2D eigenvalue weighted by molar-refractivity contribution is -0.136. The van der Waals surface area contributed by atoms with E-state index < -0.39 is 9.84 Å². The third kappa shape index (κ3) is 4.69. The first-order valence-corrected chi connectivity index (χ1v) is 9.16. The molecule has 0 spiro atoms. The van der Waals surface area contributed by atoms with Crippen LogP contribution in [0.5, 0.6) is 5.75 Å². The Kier molecular flexibility index (Phi) is 5.25. The Balaban J connectivity index is 1.89. The van der Waals surface area contributed by atoms with Crippen molar-refractivity contribution in [2.45, 2.75) is 17.7 Å². The van der Waals surface area contributed by atoms with E-state index in [4.69, 9.17) is 10.5 Å². The number of nitrogens with two attached hydrogens (primary N) is 1. The van der Waals surface area contributed by atoms with Crippen molar-refractivity contribution in [3.63, 3.8) is 0 Å². The second kappa shape index (κ2) is 6.99. The average Bonchev–Trinajstić information content (AvgIpc) is 2.52. The molecule has 2 N–H and O–H groups in total. The van der Waals surface area contributed by atoms with Crippen LogP contribution < -0.4 is 10.5 Å². The summed E-state index contributed by atoms with van der Waals surface area (Å²) in [6.45, 7) is 0.771. The van der Waals surface area contributed by atoms with Crippen LogP contribution in [0.2, 0.25) is 0 Å². The van der Waals surface area contributed by atoms with E-state index in [1.807, 2.05) is 0 Å². The summed E-state index contributed by atoms with van der Waals surface area (Å²) < 4.78 is 28.4. The number of rotatable bonds is 5. The van der Waals surface area contributed by atoms with E-state index >= 15 is 0 Å². The molecule has 1 aromatic rings. The maximum absolute atomic E-state index is 12.1. The number of benzene rings is 1. The van der Waals surface area contributed by atoms with E-state index in [2.05, 4.69) is 0 Å². The van der Waals surface area contributed by atoms with Crippen LogP contribution in [0.1, 0.15) is 12.8 Å². The third-order valence-electron chi connectivity index (χ3n) is 3.85. The van der Waals surface area contributed by atoms with E-state index in [9.17, 15) is 18.0 Å². The Bertz CT molecular complexity index is 694. The van der Waals surface area contributed by atoms with Gasteiger partial charge >= 0.3 is 0 Å². The molecule has 126 valence electrons. The largest absolute Gasteiger partial charge is 0.484 e. The van der Waals surface area contributed by atoms with Gasteiger partial charge in [0.15, 0.2) is 16.4 Å². The highest BCUT2D eigenvalue weighted by Crippen LogP contribution is 2.19. The summed E-state index contributed by atoms with van der Waals surface area (Å²) in [6, 6.07) is 6.02. The van der Waals surface area contributed by atoms with Crippen molar-refractivity contribution in [1.29, 1.82) is 0 Å². The number of ether oxygens (including phenoxy) is 1. The Morgan fingerprint density at radius 3 is 2.52 bits per heavy atom. The van der Waals surface area contributed by atoms with E-state index in [0.717, 1.165) is 6.26 Å². The molecule has 1 aliphatic rings. The lowest BCUT2D eigenvalue weighted by Gasteiger charge is -2.30. The first-order valence-electron chi connectivity index (χ1n) is 7.27. The van der Waals surface area contributed by atoms with Crippen LogP contribution in [0.3, 0.4) is 0 Å². The maximum atomic E-state index is 12.1. The number of primary amides is 1. The van der Waals surface area contributed by atoms with Gasteiger partial charge in [0.2, 0.25) is 5.91 Å². The fourth-order valence-electron chi connectivity index (χ4n) is 2.44. The van der Waals surface area contributed by atoms with Crippen molar-refractivity contribution >= 4 is 21.7 Å². The number of hydrogen-bond donors (Lipinski definition) is 1. The Morgan fingerprint density at radius 1 is 1.30 bits per heavy atom. The zero-order chi connectivity index (χ0) is 17.0. The predicted molar refractivity (Wildman–Crippen MR) is 83.5 cm³/mol. The van der Waals surface area contributed by atoms with E-state index in [1.54, 1.807) is 17.0 Å². The summed E-state index contributed by atoms with van der Waals surface area (Å²) in [7, 11) is -3.32. The lowest BCUT2D eigenvalue weighted by Crippen LogP contribution is -2.43.